The molecule has 156 valence electrons. The highest BCUT2D eigenvalue weighted by Gasteiger charge is 2.34. The Kier molecular flexibility index (Phi) is 7.52. The molecule has 1 aromatic rings. The Morgan fingerprint density at radius 2 is 1.68 bits per heavy atom. The number of nitrogens with one attached hydrogen (secondary N) is 1. The second kappa shape index (κ2) is 9.45. The molecule has 1 aromatic carbocycles. The van der Waals surface area contributed by atoms with E-state index in [1.165, 1.54) is 0 Å². The molecule has 5 nitrogen and oxygen atoms in total. The molecule has 0 saturated carbocycles. The fourth-order valence-corrected chi connectivity index (χ4v) is 3.02. The number of halogens is 2. The number of piperidine rings is 1. The molecule has 2 rings (SSSR count). The number of carbonyl (C=O) groups excluding carboxylic acids is 2. The predicted octanol–water partition coefficient (Wildman–Crippen LogP) is 3.60. The number of Topliss-reactive ketones (excluding diaryl/α,β-unsaturated/α-hetero) is 1. The fourth-order valence-electron chi connectivity index (χ4n) is 3.02. The second-order valence-electron chi connectivity index (χ2n) is 8.34. The van der Waals surface area contributed by atoms with Crippen molar-refractivity contribution in [3.05, 3.63) is 35.4 Å². The number of rotatable bonds is 7. The first kappa shape index (κ1) is 22.3. The van der Waals surface area contributed by atoms with Crippen LogP contribution in [0.15, 0.2) is 24.3 Å². The smallest absolute Gasteiger partial charge is 0.407 e. The van der Waals surface area contributed by atoms with E-state index in [1.807, 2.05) is 45.0 Å². The highest BCUT2D eigenvalue weighted by Crippen LogP contribution is 2.27. The normalized spacial score (nSPS) is 17.2. The van der Waals surface area contributed by atoms with Gasteiger partial charge in [0.15, 0.2) is 5.78 Å². The molecule has 0 atom stereocenters. The Hall–Kier alpha value is -2.02. The Morgan fingerprint density at radius 3 is 2.25 bits per heavy atom. The molecule has 1 aliphatic heterocycles. The third kappa shape index (κ3) is 8.33. The van der Waals surface area contributed by atoms with Gasteiger partial charge in [0, 0.05) is 38.9 Å². The SMILES string of the molecule is CC(C)(C)OC(=O)NCCc1ccc(CC(=O)CN2CCC(F)(F)CC2)cc1. The van der Waals surface area contributed by atoms with Crippen molar-refractivity contribution in [1.29, 1.82) is 0 Å². The number of carbonyl (C=O) groups is 2. The maximum absolute atomic E-state index is 13.2. The van der Waals surface area contributed by atoms with Crippen LogP contribution in [0.25, 0.3) is 0 Å². The first-order valence-corrected chi connectivity index (χ1v) is 9.69. The van der Waals surface area contributed by atoms with E-state index in [1.54, 1.807) is 4.90 Å². The number of ether oxygens (including phenoxy) is 1. The fraction of sp³-hybridized carbons (Fsp3) is 0.619. The highest BCUT2D eigenvalue weighted by molar-refractivity contribution is 5.82. The van der Waals surface area contributed by atoms with Gasteiger partial charge in [0.25, 0.3) is 5.92 Å². The van der Waals surface area contributed by atoms with Gasteiger partial charge in [0.1, 0.15) is 5.60 Å². The molecule has 0 aromatic heterocycles. The summed E-state index contributed by atoms with van der Waals surface area (Å²) >= 11 is 0. The van der Waals surface area contributed by atoms with Crippen LogP contribution in [0.4, 0.5) is 13.6 Å². The van der Waals surface area contributed by atoms with Crippen molar-refractivity contribution in [3.8, 4) is 0 Å². The number of amides is 1. The first-order chi connectivity index (χ1) is 13.0. The molecule has 7 heteroatoms. The number of alkyl carbamates (subject to hydrolysis) is 1. The van der Waals surface area contributed by atoms with Gasteiger partial charge in [0.2, 0.25) is 0 Å². The van der Waals surface area contributed by atoms with Gasteiger partial charge in [-0.2, -0.15) is 0 Å². The van der Waals surface area contributed by atoms with Gasteiger partial charge in [0.05, 0.1) is 6.54 Å². The van der Waals surface area contributed by atoms with Crippen LogP contribution in [0.2, 0.25) is 0 Å². The minimum absolute atomic E-state index is 0.0320. The average Bonchev–Trinajstić information content (AvgIpc) is 2.57. The molecule has 1 amide bonds. The van der Waals surface area contributed by atoms with Crippen molar-refractivity contribution in [2.75, 3.05) is 26.2 Å². The Morgan fingerprint density at radius 1 is 1.11 bits per heavy atom. The quantitative estimate of drug-likeness (QED) is 0.765. The summed E-state index contributed by atoms with van der Waals surface area (Å²) < 4.78 is 31.5. The summed E-state index contributed by atoms with van der Waals surface area (Å²) in [5.74, 6) is -2.56. The van der Waals surface area contributed by atoms with Gasteiger partial charge in [-0.05, 0) is 38.3 Å². The van der Waals surface area contributed by atoms with E-state index in [-0.39, 0.29) is 38.3 Å². The zero-order chi connectivity index (χ0) is 20.8. The van der Waals surface area contributed by atoms with Gasteiger partial charge >= 0.3 is 6.09 Å². The van der Waals surface area contributed by atoms with Gasteiger partial charge < -0.3 is 10.1 Å². The molecule has 0 bridgehead atoms. The summed E-state index contributed by atoms with van der Waals surface area (Å²) in [6.45, 7) is 6.66. The summed E-state index contributed by atoms with van der Waals surface area (Å²) in [6, 6.07) is 7.65. The maximum Gasteiger partial charge on any atom is 0.407 e. The molecule has 1 N–H and O–H groups in total. The molecule has 0 radical (unpaired) electrons. The van der Waals surface area contributed by atoms with E-state index in [4.69, 9.17) is 4.74 Å². The number of likely N-dealkylation sites (tertiary alicyclic amines) is 1. The van der Waals surface area contributed by atoms with Gasteiger partial charge in [-0.1, -0.05) is 24.3 Å². The van der Waals surface area contributed by atoms with E-state index >= 15 is 0 Å². The van der Waals surface area contributed by atoms with Crippen LogP contribution in [-0.2, 0) is 22.4 Å². The van der Waals surface area contributed by atoms with Crippen molar-refractivity contribution >= 4 is 11.9 Å². The van der Waals surface area contributed by atoms with Crippen molar-refractivity contribution in [1.82, 2.24) is 10.2 Å². The molecule has 1 heterocycles. The van der Waals surface area contributed by atoms with Gasteiger partial charge in [-0.3, -0.25) is 9.69 Å². The van der Waals surface area contributed by atoms with Crippen LogP contribution in [0.5, 0.6) is 0 Å². The largest absolute Gasteiger partial charge is 0.444 e. The van der Waals surface area contributed by atoms with Crippen LogP contribution in [0.3, 0.4) is 0 Å². The standard InChI is InChI=1S/C21H30F2N2O3/c1-20(2,3)28-19(27)24-11-8-16-4-6-17(7-5-16)14-18(26)15-25-12-9-21(22,23)10-13-25/h4-7H,8-15H2,1-3H3,(H,24,27). The molecule has 1 fully saturated rings. The lowest BCUT2D eigenvalue weighted by molar-refractivity contribution is -0.121. The molecule has 1 aliphatic rings. The molecule has 1 saturated heterocycles. The van der Waals surface area contributed by atoms with E-state index in [0.29, 0.717) is 19.4 Å². The van der Waals surface area contributed by atoms with Crippen LogP contribution in [-0.4, -0.2) is 54.5 Å². The summed E-state index contributed by atoms with van der Waals surface area (Å²) in [6.07, 6.45) is 0.169. The molecule has 0 spiro atoms. The Bertz CT molecular complexity index is 659. The molecule has 0 aliphatic carbocycles. The van der Waals surface area contributed by atoms with E-state index in [9.17, 15) is 18.4 Å². The minimum atomic E-state index is -2.59. The number of hydrogen-bond acceptors (Lipinski definition) is 4. The molecule has 0 unspecified atom stereocenters. The minimum Gasteiger partial charge on any atom is -0.444 e. The third-order valence-corrected chi connectivity index (χ3v) is 4.49. The van der Waals surface area contributed by atoms with Crippen molar-refractivity contribution in [3.63, 3.8) is 0 Å². The lowest BCUT2D eigenvalue weighted by Gasteiger charge is -2.31. The van der Waals surface area contributed by atoms with E-state index in [0.717, 1.165) is 11.1 Å². The zero-order valence-corrected chi connectivity index (χ0v) is 16.9. The van der Waals surface area contributed by atoms with Crippen molar-refractivity contribution in [2.24, 2.45) is 0 Å². The number of benzene rings is 1. The summed E-state index contributed by atoms with van der Waals surface area (Å²) in [5.41, 5.74) is 1.43. The lowest BCUT2D eigenvalue weighted by Crippen LogP contribution is -2.42. The Balaban J connectivity index is 1.70. The van der Waals surface area contributed by atoms with Crippen molar-refractivity contribution in [2.45, 2.75) is 58.0 Å². The molecule has 28 heavy (non-hydrogen) atoms. The van der Waals surface area contributed by atoms with Gasteiger partial charge in [-0.15, -0.1) is 0 Å². The highest BCUT2D eigenvalue weighted by atomic mass is 19.3. The maximum atomic E-state index is 13.2. The van der Waals surface area contributed by atoms with E-state index in [2.05, 4.69) is 5.32 Å². The lowest BCUT2D eigenvalue weighted by atomic mass is 10.0. The molecular formula is C21H30F2N2O3. The number of hydrogen-bond donors (Lipinski definition) is 1. The number of ketones is 1. The van der Waals surface area contributed by atoms with Crippen LogP contribution >= 0.6 is 0 Å². The Labute approximate surface area is 165 Å². The van der Waals surface area contributed by atoms with Crippen molar-refractivity contribution < 1.29 is 23.1 Å². The van der Waals surface area contributed by atoms with E-state index < -0.39 is 17.6 Å². The van der Waals surface area contributed by atoms with Crippen LogP contribution in [0, 0.1) is 0 Å². The monoisotopic (exact) mass is 396 g/mol. The number of alkyl halides is 2. The average molecular weight is 396 g/mol. The number of nitrogens with zero attached hydrogens (tertiary/aromatic N) is 1. The zero-order valence-electron chi connectivity index (χ0n) is 16.9. The summed E-state index contributed by atoms with van der Waals surface area (Å²) in [4.78, 5) is 25.6. The third-order valence-electron chi connectivity index (χ3n) is 4.49. The topological polar surface area (TPSA) is 58.6 Å². The second-order valence-corrected chi connectivity index (χ2v) is 8.34. The summed E-state index contributed by atoms with van der Waals surface area (Å²) in [5, 5.41) is 2.71. The van der Waals surface area contributed by atoms with Gasteiger partial charge in [-0.25, -0.2) is 13.6 Å². The van der Waals surface area contributed by atoms with Crippen LogP contribution < -0.4 is 5.32 Å². The summed E-state index contributed by atoms with van der Waals surface area (Å²) in [7, 11) is 0. The molecular weight excluding hydrogens is 366 g/mol. The van der Waals surface area contributed by atoms with Crippen LogP contribution in [0.1, 0.15) is 44.7 Å². The predicted molar refractivity (Wildman–Crippen MR) is 104 cm³/mol. The first-order valence-electron chi connectivity index (χ1n) is 9.69.